The van der Waals surface area contributed by atoms with Crippen molar-refractivity contribution in [2.24, 2.45) is 0 Å². The summed E-state index contributed by atoms with van der Waals surface area (Å²) in [5.41, 5.74) is 3.28. The molecule has 0 radical (unpaired) electrons. The zero-order valence-electron chi connectivity index (χ0n) is 47.3. The van der Waals surface area contributed by atoms with Crippen molar-refractivity contribution in [2.45, 2.75) is 84.7 Å². The Kier molecular flexibility index (Phi) is 23.4. The third kappa shape index (κ3) is 17.7. The molecule has 0 spiro atoms. The molecule has 2 aliphatic heterocycles. The number of hydrogen-bond acceptors (Lipinski definition) is 14. The van der Waals surface area contributed by atoms with E-state index >= 15 is 8.78 Å². The zero-order valence-corrected chi connectivity index (χ0v) is 52.0. The van der Waals surface area contributed by atoms with Gasteiger partial charge in [0.15, 0.2) is 23.1 Å². The molecule has 2 aliphatic carbocycles. The van der Waals surface area contributed by atoms with Gasteiger partial charge >= 0.3 is 12.1 Å². The lowest BCUT2D eigenvalue weighted by Crippen LogP contribution is -2.39. The highest BCUT2D eigenvalue weighted by molar-refractivity contribution is 7.89. The van der Waals surface area contributed by atoms with Crippen LogP contribution in [0.25, 0.3) is 0 Å². The molecule has 0 saturated carbocycles. The first-order valence-electron chi connectivity index (χ1n) is 27.9. The van der Waals surface area contributed by atoms with Gasteiger partial charge in [-0.1, -0.05) is 46.4 Å². The second kappa shape index (κ2) is 30.0. The lowest BCUT2D eigenvalue weighted by molar-refractivity contribution is 0.107. The van der Waals surface area contributed by atoms with Gasteiger partial charge in [0.2, 0.25) is 20.0 Å². The number of fused-ring (bicyclic) bond motifs is 2. The van der Waals surface area contributed by atoms with Crippen molar-refractivity contribution in [1.82, 2.24) is 50.3 Å². The van der Waals surface area contributed by atoms with E-state index in [1.54, 1.807) is 24.3 Å². The molecule has 0 bridgehead atoms. The van der Waals surface area contributed by atoms with Crippen LogP contribution in [0, 0.1) is 11.6 Å². The summed E-state index contributed by atoms with van der Waals surface area (Å²) in [5.74, 6) is -1.78. The molecular formula is C56H74Cl4F2N10O10S2. The first-order valence-corrected chi connectivity index (χ1v) is 32.4. The van der Waals surface area contributed by atoms with E-state index < -0.39 is 43.9 Å². The summed E-state index contributed by atoms with van der Waals surface area (Å²) in [4.78, 5) is 32.2. The van der Waals surface area contributed by atoms with Gasteiger partial charge in [0.25, 0.3) is 0 Å². The topological polar surface area (TPSA) is 224 Å². The van der Waals surface area contributed by atoms with Crippen LogP contribution < -0.4 is 40.2 Å². The maximum atomic E-state index is 15.5. The van der Waals surface area contributed by atoms with Gasteiger partial charge in [-0.2, -0.15) is 0 Å². The van der Waals surface area contributed by atoms with Gasteiger partial charge in [-0.05, 0) is 152 Å². The molecule has 8 rings (SSSR count). The molecule has 6 atom stereocenters. The molecule has 4 aliphatic rings. The monoisotopic (exact) mass is 1290 g/mol. The molecule has 28 heteroatoms. The number of benzene rings is 4. The number of hydrogen-bond donors (Lipinski definition) is 6. The Bertz CT molecular complexity index is 2970. The lowest BCUT2D eigenvalue weighted by Gasteiger charge is -2.27. The number of nitrogens with one attached hydrogen (secondary N) is 6. The van der Waals surface area contributed by atoms with Gasteiger partial charge in [-0.3, -0.25) is 9.80 Å². The minimum atomic E-state index is -4.04. The van der Waals surface area contributed by atoms with Crippen molar-refractivity contribution in [3.8, 4) is 11.5 Å². The molecule has 20 nitrogen and oxygen atoms in total. The summed E-state index contributed by atoms with van der Waals surface area (Å²) >= 11 is 25.5. The second-order valence-corrected chi connectivity index (χ2v) is 26.9. The Morgan fingerprint density at radius 2 is 0.964 bits per heavy atom. The van der Waals surface area contributed by atoms with Crippen LogP contribution in [-0.4, -0.2) is 193 Å². The van der Waals surface area contributed by atoms with Gasteiger partial charge in [0, 0.05) is 95.7 Å². The van der Waals surface area contributed by atoms with E-state index in [9.17, 15) is 26.4 Å². The fourth-order valence-corrected chi connectivity index (χ4v) is 14.6. The summed E-state index contributed by atoms with van der Waals surface area (Å²) in [6.45, 7) is 6.04. The number of likely N-dealkylation sites (tertiary alicyclic amines) is 2. The van der Waals surface area contributed by atoms with E-state index in [2.05, 4.69) is 40.5 Å². The van der Waals surface area contributed by atoms with E-state index in [0.717, 1.165) is 34.4 Å². The van der Waals surface area contributed by atoms with Crippen molar-refractivity contribution in [3.05, 3.63) is 115 Å². The number of rotatable bonds is 29. The van der Waals surface area contributed by atoms with Gasteiger partial charge < -0.3 is 50.0 Å². The third-order valence-electron chi connectivity index (χ3n) is 15.3. The smallest absolute Gasteiger partial charge is 0.314 e. The lowest BCUT2D eigenvalue weighted by atomic mass is 10.1. The van der Waals surface area contributed by atoms with Crippen LogP contribution in [0.1, 0.15) is 60.1 Å². The van der Waals surface area contributed by atoms with Gasteiger partial charge in [-0.25, -0.2) is 44.6 Å². The fourth-order valence-electron chi connectivity index (χ4n) is 10.9. The highest BCUT2D eigenvalue weighted by atomic mass is 35.5. The molecule has 2 heterocycles. The quantitative estimate of drug-likeness (QED) is 0.0315. The second-order valence-electron chi connectivity index (χ2n) is 21.8. The minimum Gasteiger partial charge on any atom is -0.481 e. The van der Waals surface area contributed by atoms with Crippen molar-refractivity contribution < 1.29 is 54.2 Å². The molecule has 84 heavy (non-hydrogen) atoms. The van der Waals surface area contributed by atoms with Crippen molar-refractivity contribution in [3.63, 3.8) is 0 Å². The highest BCUT2D eigenvalue weighted by Gasteiger charge is 2.40. The first kappa shape index (κ1) is 65.6. The predicted octanol–water partition coefficient (Wildman–Crippen LogP) is 6.61. The maximum absolute atomic E-state index is 15.5. The van der Waals surface area contributed by atoms with Crippen LogP contribution >= 0.6 is 46.4 Å². The summed E-state index contributed by atoms with van der Waals surface area (Å²) in [5, 5.41) is 13.0. The summed E-state index contributed by atoms with van der Waals surface area (Å²) in [6, 6.07) is 12.4. The number of carbonyl (C=O) groups is 2. The molecule has 4 amide bonds. The fraction of sp³-hybridized carbons (Fsp3) is 0.536. The van der Waals surface area contributed by atoms with E-state index in [-0.39, 0.29) is 83.8 Å². The number of carbonyl (C=O) groups excluding carboxylic acids is 2. The molecule has 4 aromatic rings. The predicted molar refractivity (Wildman–Crippen MR) is 319 cm³/mol. The Hall–Kier alpha value is -4.38. The average Bonchev–Trinajstić information content (AvgIpc) is 4.39. The first-order chi connectivity index (χ1) is 40.0. The van der Waals surface area contributed by atoms with Crippen LogP contribution in [0.3, 0.4) is 0 Å². The van der Waals surface area contributed by atoms with E-state index in [1.807, 2.05) is 38.0 Å². The Balaban J connectivity index is 0.608. The number of ether oxygens (including phenoxy) is 4. The van der Waals surface area contributed by atoms with E-state index in [4.69, 9.17) is 65.4 Å². The zero-order chi connectivity index (χ0) is 60.3. The molecule has 2 saturated heterocycles. The van der Waals surface area contributed by atoms with Gasteiger partial charge in [-0.15, -0.1) is 0 Å². The minimum absolute atomic E-state index is 0.0823. The highest BCUT2D eigenvalue weighted by Crippen LogP contribution is 2.44. The molecule has 0 unspecified atom stereocenters. The number of urea groups is 2. The number of nitrogens with zero attached hydrogens (tertiary/aromatic N) is 4. The Labute approximate surface area is 510 Å². The average molecular weight is 1290 g/mol. The number of halogens is 6. The van der Waals surface area contributed by atoms with Gasteiger partial charge in [0.05, 0.1) is 48.3 Å². The largest absolute Gasteiger partial charge is 0.481 e. The van der Waals surface area contributed by atoms with Gasteiger partial charge in [0.1, 0.15) is 12.2 Å². The number of amides is 4. The van der Waals surface area contributed by atoms with Crippen molar-refractivity contribution in [1.29, 1.82) is 0 Å². The van der Waals surface area contributed by atoms with Crippen LogP contribution in [0.4, 0.5) is 18.4 Å². The summed E-state index contributed by atoms with van der Waals surface area (Å²) in [6.07, 6.45) is 2.43. The normalized spacial score (nSPS) is 20.8. The van der Waals surface area contributed by atoms with E-state index in [0.29, 0.717) is 124 Å². The molecule has 6 N–H and O–H groups in total. The third-order valence-corrected chi connectivity index (χ3v) is 19.5. The number of sulfonamides is 2. The molecule has 2 fully saturated rings. The standard InChI is InChI=1S/C56H74Cl4F2N10O10S2/c1-69(2)49-31-41-43(25-35(57)27-45(41)59)53(49)81-51-9-7-39(29-47(51)61)83(75,76)67-37-11-17-71(33-37)19-23-79-21-15-65-55(73)63-13-5-6-14-64-56(74)66-16-22-80-24-20-72-18-12-38(34-72)68-84(77,78)40-8-10-52(48(62)30-40)82-54-44-26-36(58)28-46(60)42(44)32-50(54)70(3)4/h7-10,25-30,37-38,49-50,53-54,67-68H,5-6,11-24,31-34H2,1-4H3,(H2,63,65,73)(H2,64,66,74)/t37-,38-,49+,50+,53+,54+/m1/s1. The van der Waals surface area contributed by atoms with Crippen molar-refractivity contribution in [2.75, 3.05) is 120 Å². The summed E-state index contributed by atoms with van der Waals surface area (Å²) < 4.78 is 113. The van der Waals surface area contributed by atoms with Crippen LogP contribution in [0.15, 0.2) is 70.5 Å². The van der Waals surface area contributed by atoms with Crippen molar-refractivity contribution >= 4 is 78.5 Å². The van der Waals surface area contributed by atoms with Crippen LogP contribution in [-0.2, 0) is 42.4 Å². The number of likely N-dealkylation sites (N-methyl/N-ethyl adjacent to an activating group) is 2. The van der Waals surface area contributed by atoms with E-state index in [1.165, 1.54) is 24.3 Å². The maximum Gasteiger partial charge on any atom is 0.314 e. The SMILES string of the molecule is CN(C)[C@H]1Cc2c(Cl)cc(Cl)cc2[C@@H]1Oc1ccc(S(=O)(=O)N[C@@H]2CCN(CCOCCNC(=O)NCCCCNC(=O)NCCOCCN3CC[C@@H](NS(=O)(=O)c4ccc(O[C@H]5c6cc(Cl)cc(Cl)c6C[C@@H]5N(C)C)c(F)c4)C3)C2)cc1F. The Morgan fingerprint density at radius 1 is 0.571 bits per heavy atom. The molecule has 4 aromatic carbocycles. The molecule has 462 valence electrons. The van der Waals surface area contributed by atoms with Crippen LogP contribution in [0.5, 0.6) is 11.5 Å². The number of unbranched alkanes of at least 4 members (excludes halogenated alkanes) is 1. The molecular weight excluding hydrogens is 1220 g/mol. The van der Waals surface area contributed by atoms with Crippen LogP contribution in [0.2, 0.25) is 20.1 Å². The molecule has 0 aromatic heterocycles. The summed E-state index contributed by atoms with van der Waals surface area (Å²) in [7, 11) is -0.488. The Morgan fingerprint density at radius 3 is 1.35 bits per heavy atom.